The molecule has 29 heavy (non-hydrogen) atoms. The fourth-order valence-corrected chi connectivity index (χ4v) is 3.92. The lowest BCUT2D eigenvalue weighted by Gasteiger charge is -2.34. The highest BCUT2D eigenvalue weighted by Gasteiger charge is 2.23. The lowest BCUT2D eigenvalue weighted by atomic mass is 10.0. The number of anilines is 1. The lowest BCUT2D eigenvalue weighted by molar-refractivity contribution is 0.0696. The molecule has 0 radical (unpaired) electrons. The average molecular weight is 436 g/mol. The number of carbonyl (C=O) groups excluding carboxylic acids is 1. The Kier molecular flexibility index (Phi) is 6.55. The summed E-state index contributed by atoms with van der Waals surface area (Å²) in [5.74, 6) is -0.946. The molecule has 0 saturated carbocycles. The minimum atomic E-state index is -0.946. The zero-order valence-electron chi connectivity index (χ0n) is 16.1. The SMILES string of the molecule is C=CCc1cc(C(=O)O)cc(N2CCC(NC(=O)n3cc(Cl)c(Cl)c3C)CC2)c1. The van der Waals surface area contributed by atoms with Crippen molar-refractivity contribution < 1.29 is 14.7 Å². The molecule has 1 aromatic carbocycles. The molecule has 0 bridgehead atoms. The normalized spacial score (nSPS) is 14.7. The number of carbonyl (C=O) groups is 2. The molecule has 3 rings (SSSR count). The van der Waals surface area contributed by atoms with Crippen LogP contribution in [0.3, 0.4) is 0 Å². The summed E-state index contributed by atoms with van der Waals surface area (Å²) >= 11 is 12.0. The van der Waals surface area contributed by atoms with Crippen molar-refractivity contribution in [1.82, 2.24) is 9.88 Å². The van der Waals surface area contributed by atoms with E-state index >= 15 is 0 Å². The van der Waals surface area contributed by atoms with E-state index in [1.165, 1.54) is 10.8 Å². The van der Waals surface area contributed by atoms with Gasteiger partial charge in [-0.1, -0.05) is 29.3 Å². The van der Waals surface area contributed by atoms with Crippen LogP contribution in [0.4, 0.5) is 10.5 Å². The fourth-order valence-electron chi connectivity index (χ4n) is 3.55. The Morgan fingerprint density at radius 2 is 1.97 bits per heavy atom. The van der Waals surface area contributed by atoms with Gasteiger partial charge in [-0.05, 0) is 49.9 Å². The predicted octanol–water partition coefficient (Wildman–Crippen LogP) is 4.76. The Morgan fingerprint density at radius 1 is 1.28 bits per heavy atom. The van der Waals surface area contributed by atoms with E-state index in [2.05, 4.69) is 16.8 Å². The first kappa shape index (κ1) is 21.3. The van der Waals surface area contributed by atoms with Crippen LogP contribution in [0.15, 0.2) is 37.1 Å². The maximum atomic E-state index is 12.5. The Morgan fingerprint density at radius 3 is 2.52 bits per heavy atom. The minimum absolute atomic E-state index is 0.0217. The standard InChI is InChI=1S/C21H23Cl2N3O3/c1-3-4-14-9-15(20(27)28)11-17(10-14)25-7-5-16(6-8-25)24-21(29)26-12-18(22)19(23)13(26)2/h3,9-12,16H,1,4-8H2,2H3,(H,24,29)(H,27,28). The number of rotatable bonds is 5. The third-order valence-corrected chi connectivity index (χ3v) is 6.00. The van der Waals surface area contributed by atoms with E-state index < -0.39 is 5.97 Å². The van der Waals surface area contributed by atoms with Crippen LogP contribution in [-0.2, 0) is 6.42 Å². The van der Waals surface area contributed by atoms with Gasteiger partial charge < -0.3 is 15.3 Å². The summed E-state index contributed by atoms with van der Waals surface area (Å²) in [5, 5.41) is 13.1. The second-order valence-electron chi connectivity index (χ2n) is 7.14. The third kappa shape index (κ3) is 4.77. The van der Waals surface area contributed by atoms with Gasteiger partial charge in [-0.3, -0.25) is 4.57 Å². The van der Waals surface area contributed by atoms with Gasteiger partial charge in [-0.2, -0.15) is 0 Å². The monoisotopic (exact) mass is 435 g/mol. The van der Waals surface area contributed by atoms with E-state index in [-0.39, 0.29) is 17.6 Å². The molecule has 8 heteroatoms. The van der Waals surface area contributed by atoms with E-state index in [4.69, 9.17) is 23.2 Å². The highest BCUT2D eigenvalue weighted by molar-refractivity contribution is 6.42. The summed E-state index contributed by atoms with van der Waals surface area (Å²) in [6.07, 6.45) is 5.39. The Bertz CT molecular complexity index is 947. The number of piperidine rings is 1. The number of allylic oxidation sites excluding steroid dienone is 1. The van der Waals surface area contributed by atoms with Gasteiger partial charge >= 0.3 is 12.0 Å². The molecule has 0 spiro atoms. The highest BCUT2D eigenvalue weighted by atomic mass is 35.5. The van der Waals surface area contributed by atoms with Gasteiger partial charge in [-0.25, -0.2) is 9.59 Å². The molecular formula is C21H23Cl2N3O3. The molecule has 1 saturated heterocycles. The van der Waals surface area contributed by atoms with Crippen molar-refractivity contribution in [3.8, 4) is 0 Å². The number of halogens is 2. The number of carboxylic acid groups (broad SMARTS) is 1. The molecule has 154 valence electrons. The molecular weight excluding hydrogens is 413 g/mol. The number of carboxylic acids is 1. The van der Waals surface area contributed by atoms with Crippen LogP contribution in [0, 0.1) is 6.92 Å². The van der Waals surface area contributed by atoms with Crippen molar-refractivity contribution in [3.05, 3.63) is 63.9 Å². The van der Waals surface area contributed by atoms with Crippen LogP contribution in [-0.4, -0.2) is 40.8 Å². The van der Waals surface area contributed by atoms with Gasteiger partial charge in [0.1, 0.15) is 0 Å². The molecule has 1 amide bonds. The predicted molar refractivity (Wildman–Crippen MR) is 116 cm³/mol. The molecule has 0 aliphatic carbocycles. The summed E-state index contributed by atoms with van der Waals surface area (Å²) in [5.41, 5.74) is 2.67. The van der Waals surface area contributed by atoms with Gasteiger partial charge in [0.05, 0.1) is 15.6 Å². The number of nitrogens with zero attached hydrogens (tertiary/aromatic N) is 2. The molecule has 0 unspecified atom stereocenters. The topological polar surface area (TPSA) is 74.6 Å². The largest absolute Gasteiger partial charge is 0.478 e. The Balaban J connectivity index is 1.66. The number of hydrogen-bond donors (Lipinski definition) is 2. The number of benzene rings is 1. The highest BCUT2D eigenvalue weighted by Crippen LogP contribution is 2.27. The van der Waals surface area contributed by atoms with Crippen LogP contribution < -0.4 is 10.2 Å². The number of amides is 1. The van der Waals surface area contributed by atoms with Crippen LogP contribution in [0.5, 0.6) is 0 Å². The van der Waals surface area contributed by atoms with Crippen molar-refractivity contribution in [3.63, 3.8) is 0 Å². The number of nitrogens with one attached hydrogen (secondary N) is 1. The quantitative estimate of drug-likeness (QED) is 0.663. The van der Waals surface area contributed by atoms with Gasteiger partial charge in [0.25, 0.3) is 0 Å². The first-order valence-electron chi connectivity index (χ1n) is 9.37. The smallest absolute Gasteiger partial charge is 0.335 e. The molecule has 6 nitrogen and oxygen atoms in total. The average Bonchev–Trinajstić information content (AvgIpc) is 2.96. The summed E-state index contributed by atoms with van der Waals surface area (Å²) in [6, 6.07) is 5.14. The van der Waals surface area contributed by atoms with E-state index in [1.807, 2.05) is 6.07 Å². The molecule has 1 aliphatic heterocycles. The fraction of sp³-hybridized carbons (Fsp3) is 0.333. The second-order valence-corrected chi connectivity index (χ2v) is 7.93. The number of hydrogen-bond acceptors (Lipinski definition) is 3. The Labute approximate surface area is 179 Å². The van der Waals surface area contributed by atoms with E-state index in [9.17, 15) is 14.7 Å². The summed E-state index contributed by atoms with van der Waals surface area (Å²) in [4.78, 5) is 26.1. The molecule has 2 aromatic rings. The van der Waals surface area contributed by atoms with Gasteiger partial charge in [-0.15, -0.1) is 6.58 Å². The molecule has 2 N–H and O–H groups in total. The maximum Gasteiger partial charge on any atom is 0.335 e. The van der Waals surface area contributed by atoms with Gasteiger partial charge in [0.2, 0.25) is 0 Å². The molecule has 2 heterocycles. The van der Waals surface area contributed by atoms with Crippen molar-refractivity contribution in [2.75, 3.05) is 18.0 Å². The number of aromatic carboxylic acids is 1. The van der Waals surface area contributed by atoms with E-state index in [0.717, 1.165) is 24.1 Å². The molecule has 1 aliphatic rings. The summed E-state index contributed by atoms with van der Waals surface area (Å²) < 4.78 is 1.43. The molecule has 0 atom stereocenters. The first-order valence-corrected chi connectivity index (χ1v) is 10.1. The van der Waals surface area contributed by atoms with Crippen molar-refractivity contribution in [1.29, 1.82) is 0 Å². The zero-order chi connectivity index (χ0) is 21.1. The third-order valence-electron chi connectivity index (χ3n) is 5.14. The maximum absolute atomic E-state index is 12.5. The van der Waals surface area contributed by atoms with Gasteiger partial charge in [0.15, 0.2) is 0 Å². The van der Waals surface area contributed by atoms with Crippen LogP contribution in [0.1, 0.15) is 34.5 Å². The van der Waals surface area contributed by atoms with E-state index in [0.29, 0.717) is 35.2 Å². The van der Waals surface area contributed by atoms with Crippen LogP contribution in [0.2, 0.25) is 10.0 Å². The van der Waals surface area contributed by atoms with Crippen LogP contribution >= 0.6 is 23.2 Å². The molecule has 1 aromatic heterocycles. The first-order chi connectivity index (χ1) is 13.8. The zero-order valence-corrected chi connectivity index (χ0v) is 17.6. The summed E-state index contributed by atoms with van der Waals surface area (Å²) in [7, 11) is 0. The minimum Gasteiger partial charge on any atom is -0.478 e. The van der Waals surface area contributed by atoms with Crippen molar-refractivity contribution in [2.45, 2.75) is 32.2 Å². The number of aromatic nitrogens is 1. The van der Waals surface area contributed by atoms with Crippen LogP contribution in [0.25, 0.3) is 0 Å². The molecule has 1 fully saturated rings. The second kappa shape index (κ2) is 8.93. The van der Waals surface area contributed by atoms with E-state index in [1.54, 1.807) is 25.1 Å². The Hall–Kier alpha value is -2.44. The summed E-state index contributed by atoms with van der Waals surface area (Å²) in [6.45, 7) is 6.90. The van der Waals surface area contributed by atoms with Gasteiger partial charge in [0, 0.05) is 36.7 Å². The van der Waals surface area contributed by atoms with Crippen molar-refractivity contribution >= 4 is 40.9 Å². The van der Waals surface area contributed by atoms with Crippen molar-refractivity contribution in [2.24, 2.45) is 0 Å². The lowest BCUT2D eigenvalue weighted by Crippen LogP contribution is -2.46.